The lowest BCUT2D eigenvalue weighted by molar-refractivity contribution is -0.122. The minimum Gasteiger partial charge on any atom is -0.497 e. The van der Waals surface area contributed by atoms with E-state index in [1.165, 1.54) is 6.42 Å². The van der Waals surface area contributed by atoms with Crippen LogP contribution in [0.2, 0.25) is 0 Å². The van der Waals surface area contributed by atoms with Crippen LogP contribution in [0.1, 0.15) is 42.5 Å². The average Bonchev–Trinajstić information content (AvgIpc) is 2.60. The standard InChI is InChI=1S/C19H27N3O3/c1-25-16-7-5-12(6-8-16)19(24)21-11-17(23)22-18-13-3-2-4-14(18)10-15(20)9-13/h5-8,13-15,18H,2-4,9-11,20H2,1H3,(H,21,24)(H,22,23). The van der Waals surface area contributed by atoms with Crippen molar-refractivity contribution in [3.63, 3.8) is 0 Å². The molecule has 4 N–H and O–H groups in total. The lowest BCUT2D eigenvalue weighted by atomic mass is 9.67. The van der Waals surface area contributed by atoms with Crippen LogP contribution in [-0.4, -0.2) is 37.6 Å². The highest BCUT2D eigenvalue weighted by Gasteiger charge is 2.39. The van der Waals surface area contributed by atoms with Crippen molar-refractivity contribution in [2.75, 3.05) is 13.7 Å². The Balaban J connectivity index is 1.50. The third-order valence-corrected chi connectivity index (χ3v) is 5.47. The molecule has 0 spiro atoms. The molecule has 136 valence electrons. The first-order chi connectivity index (χ1) is 12.1. The number of amides is 2. The molecule has 2 bridgehead atoms. The molecule has 2 atom stereocenters. The van der Waals surface area contributed by atoms with Gasteiger partial charge in [-0.1, -0.05) is 6.42 Å². The molecule has 2 amide bonds. The van der Waals surface area contributed by atoms with E-state index >= 15 is 0 Å². The maximum absolute atomic E-state index is 12.3. The Hall–Kier alpha value is -2.08. The van der Waals surface area contributed by atoms with Gasteiger partial charge in [-0.05, 0) is 61.8 Å². The molecule has 1 aromatic rings. The summed E-state index contributed by atoms with van der Waals surface area (Å²) in [5.41, 5.74) is 6.63. The van der Waals surface area contributed by atoms with Gasteiger partial charge in [0.05, 0.1) is 13.7 Å². The molecule has 0 radical (unpaired) electrons. The van der Waals surface area contributed by atoms with E-state index in [-0.39, 0.29) is 30.4 Å². The summed E-state index contributed by atoms with van der Waals surface area (Å²) in [6.07, 6.45) is 5.46. The van der Waals surface area contributed by atoms with Crippen molar-refractivity contribution in [2.24, 2.45) is 17.6 Å². The lowest BCUT2D eigenvalue weighted by Crippen LogP contribution is -2.55. The van der Waals surface area contributed by atoms with E-state index in [2.05, 4.69) is 10.6 Å². The van der Waals surface area contributed by atoms with Crippen molar-refractivity contribution in [3.05, 3.63) is 29.8 Å². The summed E-state index contributed by atoms with van der Waals surface area (Å²) in [5.74, 6) is 1.26. The number of nitrogens with one attached hydrogen (secondary N) is 2. The van der Waals surface area contributed by atoms with Gasteiger partial charge in [-0.25, -0.2) is 0 Å². The van der Waals surface area contributed by atoms with Crippen molar-refractivity contribution < 1.29 is 14.3 Å². The molecule has 2 aliphatic rings. The Labute approximate surface area is 148 Å². The van der Waals surface area contributed by atoms with Gasteiger partial charge in [0, 0.05) is 17.6 Å². The van der Waals surface area contributed by atoms with Crippen molar-refractivity contribution >= 4 is 11.8 Å². The predicted octanol–water partition coefficient (Wildman–Crippen LogP) is 1.45. The van der Waals surface area contributed by atoms with Crippen LogP contribution in [-0.2, 0) is 4.79 Å². The van der Waals surface area contributed by atoms with Gasteiger partial charge in [0.2, 0.25) is 5.91 Å². The van der Waals surface area contributed by atoms with Gasteiger partial charge in [0.25, 0.3) is 5.91 Å². The smallest absolute Gasteiger partial charge is 0.251 e. The number of carbonyl (C=O) groups is 2. The number of hydrogen-bond donors (Lipinski definition) is 3. The van der Waals surface area contributed by atoms with Gasteiger partial charge < -0.3 is 21.1 Å². The largest absolute Gasteiger partial charge is 0.497 e. The molecule has 0 aromatic heterocycles. The second-order valence-electron chi connectivity index (χ2n) is 7.19. The molecule has 1 aromatic carbocycles. The fourth-order valence-electron chi connectivity index (χ4n) is 4.27. The summed E-state index contributed by atoms with van der Waals surface area (Å²) in [7, 11) is 1.58. The molecule has 25 heavy (non-hydrogen) atoms. The third-order valence-electron chi connectivity index (χ3n) is 5.47. The zero-order chi connectivity index (χ0) is 17.8. The normalized spacial score (nSPS) is 28.1. The molecule has 6 heteroatoms. The maximum Gasteiger partial charge on any atom is 0.251 e. The first-order valence-electron chi connectivity index (χ1n) is 9.04. The Morgan fingerprint density at radius 2 is 1.80 bits per heavy atom. The second kappa shape index (κ2) is 7.87. The Morgan fingerprint density at radius 3 is 2.40 bits per heavy atom. The molecule has 2 saturated carbocycles. The minimum absolute atomic E-state index is 0.00709. The van der Waals surface area contributed by atoms with Crippen molar-refractivity contribution in [3.8, 4) is 5.75 Å². The predicted molar refractivity (Wildman–Crippen MR) is 95.3 cm³/mol. The van der Waals surface area contributed by atoms with Crippen molar-refractivity contribution in [1.82, 2.24) is 10.6 Å². The number of carbonyl (C=O) groups excluding carboxylic acids is 2. The number of hydrogen-bond acceptors (Lipinski definition) is 4. The van der Waals surface area contributed by atoms with E-state index in [1.54, 1.807) is 31.4 Å². The van der Waals surface area contributed by atoms with Gasteiger partial charge in [-0.15, -0.1) is 0 Å². The van der Waals surface area contributed by atoms with E-state index in [9.17, 15) is 9.59 Å². The van der Waals surface area contributed by atoms with Crippen LogP contribution in [0.4, 0.5) is 0 Å². The zero-order valence-electron chi connectivity index (χ0n) is 14.7. The number of rotatable bonds is 5. The van der Waals surface area contributed by atoms with Crippen molar-refractivity contribution in [2.45, 2.75) is 44.2 Å². The quantitative estimate of drug-likeness (QED) is 0.753. The highest BCUT2D eigenvalue weighted by molar-refractivity contribution is 5.96. The highest BCUT2D eigenvalue weighted by atomic mass is 16.5. The summed E-state index contributed by atoms with van der Waals surface area (Å²) in [6.45, 7) is -0.00709. The molecule has 2 unspecified atom stereocenters. The van der Waals surface area contributed by atoms with Gasteiger partial charge >= 0.3 is 0 Å². The van der Waals surface area contributed by atoms with Crippen LogP contribution < -0.4 is 21.1 Å². The molecular formula is C19H27N3O3. The average molecular weight is 345 g/mol. The van der Waals surface area contributed by atoms with Crippen LogP contribution in [0, 0.1) is 11.8 Å². The molecule has 0 aliphatic heterocycles. The van der Waals surface area contributed by atoms with Crippen LogP contribution in [0.15, 0.2) is 24.3 Å². The van der Waals surface area contributed by atoms with Gasteiger partial charge in [-0.2, -0.15) is 0 Å². The summed E-state index contributed by atoms with van der Waals surface area (Å²) in [5, 5.41) is 5.82. The Bertz CT molecular complexity index is 603. The van der Waals surface area contributed by atoms with Crippen LogP contribution in [0.3, 0.4) is 0 Å². The minimum atomic E-state index is -0.260. The van der Waals surface area contributed by atoms with Crippen LogP contribution in [0.25, 0.3) is 0 Å². The van der Waals surface area contributed by atoms with Crippen LogP contribution in [0.5, 0.6) is 5.75 Å². The lowest BCUT2D eigenvalue weighted by Gasteiger charge is -2.45. The fourth-order valence-corrected chi connectivity index (χ4v) is 4.27. The SMILES string of the molecule is COc1ccc(C(=O)NCC(=O)NC2C3CCCC2CC(N)C3)cc1. The van der Waals surface area contributed by atoms with Gasteiger partial charge in [-0.3, -0.25) is 9.59 Å². The highest BCUT2D eigenvalue weighted by Crippen LogP contribution is 2.39. The Morgan fingerprint density at radius 1 is 1.16 bits per heavy atom. The summed E-state index contributed by atoms with van der Waals surface area (Å²) < 4.78 is 5.07. The number of ether oxygens (including phenoxy) is 1. The molecule has 6 nitrogen and oxygen atoms in total. The topological polar surface area (TPSA) is 93.4 Å². The molecular weight excluding hydrogens is 318 g/mol. The number of nitrogens with two attached hydrogens (primary N) is 1. The Kier molecular flexibility index (Phi) is 5.58. The monoisotopic (exact) mass is 345 g/mol. The van der Waals surface area contributed by atoms with Crippen molar-refractivity contribution in [1.29, 1.82) is 0 Å². The van der Waals surface area contributed by atoms with Gasteiger partial charge in [0.15, 0.2) is 0 Å². The number of fused-ring (bicyclic) bond motifs is 2. The van der Waals surface area contributed by atoms with E-state index in [0.29, 0.717) is 23.1 Å². The number of methoxy groups -OCH3 is 1. The summed E-state index contributed by atoms with van der Waals surface area (Å²) in [6, 6.07) is 7.28. The summed E-state index contributed by atoms with van der Waals surface area (Å²) >= 11 is 0. The first kappa shape index (κ1) is 17.7. The molecule has 2 aliphatic carbocycles. The molecule has 0 heterocycles. The fraction of sp³-hybridized carbons (Fsp3) is 0.579. The molecule has 3 rings (SSSR count). The van der Waals surface area contributed by atoms with Gasteiger partial charge in [0.1, 0.15) is 5.75 Å². The molecule has 2 fully saturated rings. The van der Waals surface area contributed by atoms with Crippen LogP contribution >= 0.6 is 0 Å². The number of benzene rings is 1. The zero-order valence-corrected chi connectivity index (χ0v) is 14.7. The molecule has 0 saturated heterocycles. The third kappa shape index (κ3) is 4.31. The van der Waals surface area contributed by atoms with E-state index in [4.69, 9.17) is 10.5 Å². The van der Waals surface area contributed by atoms with E-state index in [1.807, 2.05) is 0 Å². The second-order valence-corrected chi connectivity index (χ2v) is 7.19. The maximum atomic E-state index is 12.3. The van der Waals surface area contributed by atoms with E-state index in [0.717, 1.165) is 25.7 Å². The first-order valence-corrected chi connectivity index (χ1v) is 9.04. The van der Waals surface area contributed by atoms with E-state index < -0.39 is 0 Å². The summed E-state index contributed by atoms with van der Waals surface area (Å²) in [4.78, 5) is 24.4.